The second kappa shape index (κ2) is 10.0. The number of sulfonamides is 1. The molecule has 0 saturated carbocycles. The Morgan fingerprint density at radius 1 is 1.00 bits per heavy atom. The van der Waals surface area contributed by atoms with Crippen molar-refractivity contribution < 1.29 is 18.3 Å². The highest BCUT2D eigenvalue weighted by Crippen LogP contribution is 2.29. The smallest absolute Gasteiger partial charge is 0.273 e. The van der Waals surface area contributed by atoms with Crippen LogP contribution in [0.3, 0.4) is 0 Å². The Balaban J connectivity index is 1.50. The van der Waals surface area contributed by atoms with Gasteiger partial charge in [0.25, 0.3) is 15.9 Å². The summed E-state index contributed by atoms with van der Waals surface area (Å²) < 4.78 is 27.6. The molecule has 0 atom stereocenters. The van der Waals surface area contributed by atoms with Crippen LogP contribution < -0.4 is 9.62 Å². The number of rotatable bonds is 8. The van der Waals surface area contributed by atoms with Gasteiger partial charge in [-0.2, -0.15) is 5.10 Å². The van der Waals surface area contributed by atoms with Gasteiger partial charge in [0, 0.05) is 17.8 Å². The lowest BCUT2D eigenvalue weighted by molar-refractivity contribution is 0.102. The first kappa shape index (κ1) is 24.0. The van der Waals surface area contributed by atoms with Crippen molar-refractivity contribution in [3.05, 3.63) is 90.1 Å². The van der Waals surface area contributed by atoms with Gasteiger partial charge in [-0.15, -0.1) is 0 Å². The zero-order valence-corrected chi connectivity index (χ0v) is 20.2. The van der Waals surface area contributed by atoms with Crippen LogP contribution in [0.25, 0.3) is 11.3 Å². The molecule has 0 spiro atoms. The van der Waals surface area contributed by atoms with E-state index in [2.05, 4.69) is 15.5 Å². The van der Waals surface area contributed by atoms with E-state index in [0.29, 0.717) is 22.6 Å². The van der Waals surface area contributed by atoms with Crippen molar-refractivity contribution >= 4 is 27.3 Å². The van der Waals surface area contributed by atoms with E-state index in [1.807, 2.05) is 25.1 Å². The van der Waals surface area contributed by atoms with Gasteiger partial charge < -0.3 is 10.4 Å². The van der Waals surface area contributed by atoms with Gasteiger partial charge in [-0.1, -0.05) is 31.2 Å². The zero-order chi connectivity index (χ0) is 25.0. The molecule has 9 heteroatoms. The first-order valence-corrected chi connectivity index (χ1v) is 12.6. The Morgan fingerprint density at radius 2 is 1.71 bits per heavy atom. The highest BCUT2D eigenvalue weighted by molar-refractivity contribution is 7.92. The molecule has 0 fully saturated rings. The third-order valence-corrected chi connectivity index (χ3v) is 7.52. The molecule has 3 N–H and O–H groups in total. The quantitative estimate of drug-likeness (QED) is 0.328. The summed E-state index contributed by atoms with van der Waals surface area (Å²) in [5.74, 6) is -0.362. The fourth-order valence-corrected chi connectivity index (χ4v) is 5.18. The summed E-state index contributed by atoms with van der Waals surface area (Å²) in [5, 5.41) is 19.8. The largest absolute Gasteiger partial charge is 0.507 e. The number of benzene rings is 3. The molecule has 0 unspecified atom stereocenters. The van der Waals surface area contributed by atoms with E-state index in [1.54, 1.807) is 43.3 Å². The molecule has 35 heavy (non-hydrogen) atoms. The van der Waals surface area contributed by atoms with Gasteiger partial charge in [0.2, 0.25) is 0 Å². The van der Waals surface area contributed by atoms with Crippen molar-refractivity contribution in [3.63, 3.8) is 0 Å². The van der Waals surface area contributed by atoms with Crippen LogP contribution in [0.1, 0.15) is 29.9 Å². The second-order valence-corrected chi connectivity index (χ2v) is 9.72. The van der Waals surface area contributed by atoms with Gasteiger partial charge in [0.05, 0.1) is 16.3 Å². The molecule has 0 aliphatic heterocycles. The maximum absolute atomic E-state index is 13.1. The molecule has 1 heterocycles. The van der Waals surface area contributed by atoms with E-state index in [9.17, 15) is 18.3 Å². The Hall–Kier alpha value is -4.11. The van der Waals surface area contributed by atoms with Crippen LogP contribution in [-0.2, 0) is 16.4 Å². The molecule has 0 radical (unpaired) electrons. The lowest BCUT2D eigenvalue weighted by atomic mass is 10.1. The number of aromatic hydroxyl groups is 1. The number of hydrogen-bond acceptors (Lipinski definition) is 5. The number of para-hydroxylation sites is 1. The molecule has 0 aliphatic carbocycles. The Morgan fingerprint density at radius 3 is 2.37 bits per heavy atom. The van der Waals surface area contributed by atoms with Crippen LogP contribution in [-0.4, -0.2) is 36.2 Å². The Labute approximate surface area is 204 Å². The average molecular weight is 491 g/mol. The van der Waals surface area contributed by atoms with Gasteiger partial charge >= 0.3 is 0 Å². The fraction of sp³-hybridized carbons (Fsp3) is 0.154. The molecule has 1 amide bonds. The number of aromatic amines is 1. The lowest BCUT2D eigenvalue weighted by Crippen LogP contribution is -2.30. The van der Waals surface area contributed by atoms with Gasteiger partial charge in [0.1, 0.15) is 11.4 Å². The number of amides is 1. The van der Waals surface area contributed by atoms with E-state index in [4.69, 9.17) is 0 Å². The SMILES string of the molecule is CCc1ccc(O)c(-c2cc(C(=O)Nc3ccc(S(=O)(=O)N(CC)c4ccccc4)cc3)[nH]n2)c1. The maximum Gasteiger partial charge on any atom is 0.273 e. The van der Waals surface area contributed by atoms with Crippen LogP contribution in [0.4, 0.5) is 11.4 Å². The number of carbonyl (C=O) groups excluding carboxylic acids is 1. The molecule has 4 rings (SSSR count). The molecule has 4 aromatic rings. The van der Waals surface area contributed by atoms with Crippen molar-refractivity contribution in [2.45, 2.75) is 25.2 Å². The molecule has 1 aromatic heterocycles. The highest BCUT2D eigenvalue weighted by atomic mass is 32.2. The summed E-state index contributed by atoms with van der Waals surface area (Å²) in [5.41, 5.74) is 3.25. The molecule has 0 bridgehead atoms. The average Bonchev–Trinajstić information content (AvgIpc) is 3.36. The number of phenolic OH excluding ortho intramolecular Hbond substituents is 1. The summed E-state index contributed by atoms with van der Waals surface area (Å²) in [7, 11) is -3.76. The van der Waals surface area contributed by atoms with Gasteiger partial charge in [0.15, 0.2) is 0 Å². The normalized spacial score (nSPS) is 11.3. The van der Waals surface area contributed by atoms with Crippen molar-refractivity contribution in [2.75, 3.05) is 16.2 Å². The number of aromatic nitrogens is 2. The Bertz CT molecular complexity index is 1430. The maximum atomic E-state index is 13.1. The molecule has 0 saturated heterocycles. The monoisotopic (exact) mass is 490 g/mol. The molecular formula is C26H26N4O4S. The minimum absolute atomic E-state index is 0.0779. The second-order valence-electron chi connectivity index (χ2n) is 7.86. The topological polar surface area (TPSA) is 115 Å². The van der Waals surface area contributed by atoms with E-state index in [-0.39, 0.29) is 22.9 Å². The summed E-state index contributed by atoms with van der Waals surface area (Å²) in [6, 6.07) is 21.7. The number of hydrogen-bond donors (Lipinski definition) is 3. The fourth-order valence-electron chi connectivity index (χ4n) is 3.71. The minimum Gasteiger partial charge on any atom is -0.507 e. The standard InChI is InChI=1S/C26H26N4O4S/c1-3-18-10-15-25(31)22(16-18)23-17-24(29-28-23)26(32)27-19-11-13-21(14-12-19)35(33,34)30(4-2)20-8-6-5-7-9-20/h5-17,31H,3-4H2,1-2H3,(H,27,32)(H,28,29). The van der Waals surface area contributed by atoms with Gasteiger partial charge in [-0.25, -0.2) is 8.42 Å². The van der Waals surface area contributed by atoms with Crippen LogP contribution in [0.5, 0.6) is 5.75 Å². The van der Waals surface area contributed by atoms with Crippen molar-refractivity contribution in [1.82, 2.24) is 10.2 Å². The first-order valence-electron chi connectivity index (χ1n) is 11.2. The molecular weight excluding hydrogens is 464 g/mol. The van der Waals surface area contributed by atoms with Crippen LogP contribution in [0.15, 0.2) is 83.8 Å². The van der Waals surface area contributed by atoms with Crippen molar-refractivity contribution in [3.8, 4) is 17.0 Å². The predicted octanol–water partition coefficient (Wildman–Crippen LogP) is 4.81. The molecule has 0 aliphatic rings. The third-order valence-electron chi connectivity index (χ3n) is 5.60. The van der Waals surface area contributed by atoms with E-state index in [1.165, 1.54) is 28.6 Å². The predicted molar refractivity (Wildman–Crippen MR) is 136 cm³/mol. The number of aryl methyl sites for hydroxylation is 1. The summed E-state index contributed by atoms with van der Waals surface area (Å²) in [6.45, 7) is 4.07. The van der Waals surface area contributed by atoms with Crippen molar-refractivity contribution in [2.24, 2.45) is 0 Å². The third kappa shape index (κ3) is 5.04. The molecule has 180 valence electrons. The van der Waals surface area contributed by atoms with E-state index >= 15 is 0 Å². The van der Waals surface area contributed by atoms with Gasteiger partial charge in [-0.3, -0.25) is 14.2 Å². The molecule has 3 aromatic carbocycles. The number of carbonyl (C=O) groups is 1. The van der Waals surface area contributed by atoms with E-state index in [0.717, 1.165) is 12.0 Å². The van der Waals surface area contributed by atoms with Crippen molar-refractivity contribution in [1.29, 1.82) is 0 Å². The number of phenols is 1. The highest BCUT2D eigenvalue weighted by Gasteiger charge is 2.23. The summed E-state index contributed by atoms with van der Waals surface area (Å²) >= 11 is 0. The first-order chi connectivity index (χ1) is 16.8. The number of anilines is 2. The lowest BCUT2D eigenvalue weighted by Gasteiger charge is -2.23. The number of nitrogens with one attached hydrogen (secondary N) is 2. The number of H-pyrrole nitrogens is 1. The van der Waals surface area contributed by atoms with Crippen LogP contribution >= 0.6 is 0 Å². The zero-order valence-electron chi connectivity index (χ0n) is 19.4. The van der Waals surface area contributed by atoms with E-state index < -0.39 is 15.9 Å². The summed E-state index contributed by atoms with van der Waals surface area (Å²) in [6.07, 6.45) is 0.804. The Kier molecular flexibility index (Phi) is 6.88. The minimum atomic E-state index is -3.76. The van der Waals surface area contributed by atoms with Gasteiger partial charge in [-0.05, 0) is 73.5 Å². The summed E-state index contributed by atoms with van der Waals surface area (Å²) in [4.78, 5) is 12.8. The van der Waals surface area contributed by atoms with Crippen LogP contribution in [0, 0.1) is 0 Å². The van der Waals surface area contributed by atoms with Crippen LogP contribution in [0.2, 0.25) is 0 Å². The number of nitrogens with zero attached hydrogens (tertiary/aromatic N) is 2. The molecule has 8 nitrogen and oxygen atoms in total.